The summed E-state index contributed by atoms with van der Waals surface area (Å²) in [5.74, 6) is -0.122. The van der Waals surface area contributed by atoms with Crippen LogP contribution in [0.15, 0.2) is 0 Å². The molecule has 0 radical (unpaired) electrons. The highest BCUT2D eigenvalue weighted by molar-refractivity contribution is 5.77. The average molecular weight is 317 g/mol. The first-order valence-corrected chi connectivity index (χ1v) is 7.79. The summed E-state index contributed by atoms with van der Waals surface area (Å²) in [4.78, 5) is 22.8. The van der Waals surface area contributed by atoms with E-state index >= 15 is 0 Å². The minimum absolute atomic E-state index is 0.0249. The molecule has 0 aliphatic heterocycles. The summed E-state index contributed by atoms with van der Waals surface area (Å²) in [7, 11) is 1.89. The van der Waals surface area contributed by atoms with Gasteiger partial charge in [-0.2, -0.15) is 0 Å². The molecule has 0 rings (SSSR count). The van der Waals surface area contributed by atoms with Crippen molar-refractivity contribution in [2.24, 2.45) is 0 Å². The maximum atomic E-state index is 11.6. The van der Waals surface area contributed by atoms with Crippen LogP contribution < -0.4 is 16.0 Å². The summed E-state index contributed by atoms with van der Waals surface area (Å²) in [6, 6.07) is 0. The quantitative estimate of drug-likeness (QED) is 0.418. The zero-order valence-corrected chi connectivity index (χ0v) is 14.3. The molecule has 0 aromatic carbocycles. The lowest BCUT2D eigenvalue weighted by atomic mass is 9.99. The van der Waals surface area contributed by atoms with E-state index < -0.39 is 0 Å². The lowest BCUT2D eigenvalue weighted by Gasteiger charge is -2.23. The fraction of sp³-hybridized carbons (Fsp3) is 0.867. The maximum absolute atomic E-state index is 11.6. The summed E-state index contributed by atoms with van der Waals surface area (Å²) >= 11 is 0. The van der Waals surface area contributed by atoms with Crippen LogP contribution in [-0.4, -0.2) is 63.9 Å². The third kappa shape index (κ3) is 12.6. The average Bonchev–Trinajstić information content (AvgIpc) is 2.50. The predicted molar refractivity (Wildman–Crippen MR) is 85.7 cm³/mol. The zero-order valence-electron chi connectivity index (χ0n) is 14.3. The van der Waals surface area contributed by atoms with Crippen molar-refractivity contribution in [1.82, 2.24) is 16.0 Å². The van der Waals surface area contributed by atoms with E-state index in [4.69, 9.17) is 9.47 Å². The molecule has 3 N–H and O–H groups in total. The SMILES string of the molecule is CCOCC(=O)NCCOCCNC(=O)CCC(C)(C)NC. The van der Waals surface area contributed by atoms with Crippen LogP contribution in [0.5, 0.6) is 0 Å². The van der Waals surface area contributed by atoms with Crippen LogP contribution in [0, 0.1) is 0 Å². The van der Waals surface area contributed by atoms with Crippen LogP contribution in [0.4, 0.5) is 0 Å². The first-order valence-electron chi connectivity index (χ1n) is 7.79. The predicted octanol–water partition coefficient (Wildman–Crippen LogP) is 0.0501. The fourth-order valence-corrected chi connectivity index (χ4v) is 1.51. The lowest BCUT2D eigenvalue weighted by molar-refractivity contribution is -0.125. The molecule has 0 bridgehead atoms. The monoisotopic (exact) mass is 317 g/mol. The van der Waals surface area contributed by atoms with Crippen molar-refractivity contribution in [2.45, 2.75) is 39.2 Å². The van der Waals surface area contributed by atoms with Gasteiger partial charge in [0, 0.05) is 31.7 Å². The van der Waals surface area contributed by atoms with Gasteiger partial charge in [0.15, 0.2) is 0 Å². The van der Waals surface area contributed by atoms with Gasteiger partial charge in [0.05, 0.1) is 13.2 Å². The first-order chi connectivity index (χ1) is 10.4. The molecule has 0 saturated heterocycles. The Morgan fingerprint density at radius 3 is 2.14 bits per heavy atom. The molecule has 0 unspecified atom stereocenters. The Kier molecular flexibility index (Phi) is 11.7. The van der Waals surface area contributed by atoms with E-state index in [2.05, 4.69) is 29.8 Å². The Hall–Kier alpha value is -1.18. The van der Waals surface area contributed by atoms with Gasteiger partial charge in [-0.1, -0.05) is 0 Å². The molecule has 0 atom stereocenters. The molecular weight excluding hydrogens is 286 g/mol. The van der Waals surface area contributed by atoms with E-state index in [1.54, 1.807) is 0 Å². The second kappa shape index (κ2) is 12.4. The second-order valence-corrected chi connectivity index (χ2v) is 5.58. The van der Waals surface area contributed by atoms with Crippen LogP contribution >= 0.6 is 0 Å². The van der Waals surface area contributed by atoms with Crippen LogP contribution in [0.25, 0.3) is 0 Å². The van der Waals surface area contributed by atoms with Gasteiger partial charge in [0.25, 0.3) is 0 Å². The van der Waals surface area contributed by atoms with Gasteiger partial charge in [0.2, 0.25) is 11.8 Å². The van der Waals surface area contributed by atoms with Gasteiger partial charge in [-0.15, -0.1) is 0 Å². The van der Waals surface area contributed by atoms with Crippen LogP contribution in [0.1, 0.15) is 33.6 Å². The number of amides is 2. The normalized spacial score (nSPS) is 11.3. The molecule has 130 valence electrons. The topological polar surface area (TPSA) is 88.7 Å². The summed E-state index contributed by atoms with van der Waals surface area (Å²) < 4.78 is 10.3. The number of rotatable bonds is 13. The summed E-state index contributed by atoms with van der Waals surface area (Å²) in [5.41, 5.74) is -0.0342. The van der Waals surface area contributed by atoms with Crippen molar-refractivity contribution in [3.63, 3.8) is 0 Å². The van der Waals surface area contributed by atoms with E-state index in [0.29, 0.717) is 39.3 Å². The number of ether oxygens (including phenoxy) is 2. The van der Waals surface area contributed by atoms with Gasteiger partial charge in [0.1, 0.15) is 6.61 Å². The molecule has 0 aliphatic carbocycles. The fourth-order valence-electron chi connectivity index (χ4n) is 1.51. The molecule has 0 spiro atoms. The molecule has 7 heteroatoms. The van der Waals surface area contributed by atoms with Crippen molar-refractivity contribution in [3.05, 3.63) is 0 Å². The largest absolute Gasteiger partial charge is 0.378 e. The highest BCUT2D eigenvalue weighted by atomic mass is 16.5. The highest BCUT2D eigenvalue weighted by Crippen LogP contribution is 2.09. The molecule has 0 saturated carbocycles. The lowest BCUT2D eigenvalue weighted by Crippen LogP contribution is -2.38. The summed E-state index contributed by atoms with van der Waals surface area (Å²) in [6.07, 6.45) is 1.27. The van der Waals surface area contributed by atoms with Crippen LogP contribution in [0.3, 0.4) is 0 Å². The van der Waals surface area contributed by atoms with Crippen LogP contribution in [-0.2, 0) is 19.1 Å². The zero-order chi connectivity index (χ0) is 16.8. The van der Waals surface area contributed by atoms with E-state index in [0.717, 1.165) is 6.42 Å². The van der Waals surface area contributed by atoms with Crippen molar-refractivity contribution in [3.8, 4) is 0 Å². The van der Waals surface area contributed by atoms with Crippen LogP contribution in [0.2, 0.25) is 0 Å². The number of hydrogen-bond acceptors (Lipinski definition) is 5. The van der Waals surface area contributed by atoms with E-state index in [1.807, 2.05) is 14.0 Å². The molecule has 0 fully saturated rings. The van der Waals surface area contributed by atoms with Crippen molar-refractivity contribution in [1.29, 1.82) is 0 Å². The first kappa shape index (κ1) is 20.8. The minimum atomic E-state index is -0.147. The Morgan fingerprint density at radius 2 is 1.59 bits per heavy atom. The van der Waals surface area contributed by atoms with E-state index in [9.17, 15) is 9.59 Å². The number of carbonyl (C=O) groups is 2. The smallest absolute Gasteiger partial charge is 0.246 e. The Balaban J connectivity index is 3.42. The van der Waals surface area contributed by atoms with Gasteiger partial charge < -0.3 is 25.4 Å². The standard InChI is InChI=1S/C15H31N3O4/c1-5-21-12-14(20)18-9-11-22-10-8-17-13(19)6-7-15(2,3)16-4/h16H,5-12H2,1-4H3,(H,17,19)(H,18,20). The number of hydrogen-bond donors (Lipinski definition) is 3. The molecule has 0 aliphatic rings. The minimum Gasteiger partial charge on any atom is -0.378 e. The maximum Gasteiger partial charge on any atom is 0.246 e. The molecule has 7 nitrogen and oxygen atoms in total. The molecule has 0 heterocycles. The Bertz CT molecular complexity index is 322. The van der Waals surface area contributed by atoms with Gasteiger partial charge in [-0.25, -0.2) is 0 Å². The van der Waals surface area contributed by atoms with E-state index in [-0.39, 0.29) is 24.0 Å². The summed E-state index contributed by atoms with van der Waals surface area (Å²) in [5, 5.41) is 8.65. The molecule has 0 aromatic rings. The number of nitrogens with one attached hydrogen (secondary N) is 3. The Morgan fingerprint density at radius 1 is 1.00 bits per heavy atom. The van der Waals surface area contributed by atoms with E-state index in [1.165, 1.54) is 0 Å². The molecule has 22 heavy (non-hydrogen) atoms. The highest BCUT2D eigenvalue weighted by Gasteiger charge is 2.15. The van der Waals surface area contributed by atoms with Gasteiger partial charge in [-0.05, 0) is 34.2 Å². The Labute approximate surface area is 133 Å². The molecule has 0 aromatic heterocycles. The summed E-state index contributed by atoms with van der Waals surface area (Å²) in [6.45, 7) is 8.33. The van der Waals surface area contributed by atoms with Crippen molar-refractivity contribution >= 4 is 11.8 Å². The third-order valence-electron chi connectivity index (χ3n) is 3.23. The van der Waals surface area contributed by atoms with Gasteiger partial charge >= 0.3 is 0 Å². The van der Waals surface area contributed by atoms with Gasteiger partial charge in [-0.3, -0.25) is 9.59 Å². The second-order valence-electron chi connectivity index (χ2n) is 5.58. The molecule has 2 amide bonds. The molecular formula is C15H31N3O4. The number of carbonyl (C=O) groups excluding carboxylic acids is 2. The van der Waals surface area contributed by atoms with Crippen molar-refractivity contribution < 1.29 is 19.1 Å². The third-order valence-corrected chi connectivity index (χ3v) is 3.23. The van der Waals surface area contributed by atoms with Crippen molar-refractivity contribution in [2.75, 3.05) is 46.6 Å².